The predicted molar refractivity (Wildman–Crippen MR) is 70.6 cm³/mol. The molecule has 1 aliphatic heterocycles. The normalized spacial score (nSPS) is 26.6. The van der Waals surface area contributed by atoms with Gasteiger partial charge in [-0.15, -0.1) is 0 Å². The lowest BCUT2D eigenvalue weighted by atomic mass is 10.1. The van der Waals surface area contributed by atoms with Crippen LogP contribution in [0.15, 0.2) is 18.2 Å². The van der Waals surface area contributed by atoms with Crippen LogP contribution in [0.1, 0.15) is 24.8 Å². The molecule has 3 nitrogen and oxygen atoms in total. The minimum atomic E-state index is -4.42. The van der Waals surface area contributed by atoms with E-state index in [4.69, 9.17) is 10.5 Å². The van der Waals surface area contributed by atoms with Gasteiger partial charge < -0.3 is 15.4 Å². The summed E-state index contributed by atoms with van der Waals surface area (Å²) in [6, 6.07) is 4.37. The summed E-state index contributed by atoms with van der Waals surface area (Å²) < 4.78 is 44.5. The van der Waals surface area contributed by atoms with Crippen LogP contribution in [0, 0.1) is 0 Å². The van der Waals surface area contributed by atoms with Crippen molar-refractivity contribution in [2.24, 2.45) is 0 Å². The Morgan fingerprint density at radius 2 is 2.05 bits per heavy atom. The Morgan fingerprint density at radius 3 is 2.80 bits per heavy atom. The van der Waals surface area contributed by atoms with E-state index in [-0.39, 0.29) is 17.8 Å². The highest BCUT2D eigenvalue weighted by atomic mass is 19.4. The van der Waals surface area contributed by atoms with E-state index in [0.717, 1.165) is 25.3 Å². The van der Waals surface area contributed by atoms with Gasteiger partial charge in [-0.1, -0.05) is 0 Å². The second-order valence-electron chi connectivity index (χ2n) is 5.37. The van der Waals surface area contributed by atoms with Crippen molar-refractivity contribution in [3.63, 3.8) is 0 Å². The summed E-state index contributed by atoms with van der Waals surface area (Å²) in [7, 11) is 0. The third-order valence-corrected chi connectivity index (χ3v) is 4.16. The van der Waals surface area contributed by atoms with Crippen molar-refractivity contribution >= 4 is 11.4 Å². The molecule has 1 aromatic carbocycles. The van der Waals surface area contributed by atoms with Crippen LogP contribution in [0.3, 0.4) is 0 Å². The molecule has 0 radical (unpaired) electrons. The molecule has 2 aliphatic rings. The van der Waals surface area contributed by atoms with Gasteiger partial charge in [0.25, 0.3) is 0 Å². The monoisotopic (exact) mass is 286 g/mol. The summed E-state index contributed by atoms with van der Waals surface area (Å²) in [6.45, 7) is 1.19. The molecular formula is C14H17F3N2O. The molecule has 20 heavy (non-hydrogen) atoms. The fraction of sp³-hybridized carbons (Fsp3) is 0.571. The van der Waals surface area contributed by atoms with Crippen molar-refractivity contribution in [1.82, 2.24) is 0 Å². The van der Waals surface area contributed by atoms with E-state index < -0.39 is 11.7 Å². The van der Waals surface area contributed by atoms with Crippen LogP contribution in [0.4, 0.5) is 24.5 Å². The van der Waals surface area contributed by atoms with Crippen molar-refractivity contribution in [3.8, 4) is 0 Å². The molecule has 1 heterocycles. The Kier molecular flexibility index (Phi) is 3.28. The van der Waals surface area contributed by atoms with E-state index in [1.807, 2.05) is 4.90 Å². The third kappa shape index (κ3) is 2.32. The van der Waals surface area contributed by atoms with Crippen molar-refractivity contribution < 1.29 is 17.9 Å². The van der Waals surface area contributed by atoms with E-state index >= 15 is 0 Å². The summed E-state index contributed by atoms with van der Waals surface area (Å²) in [5.74, 6) is 0. The SMILES string of the molecule is Nc1ccc(N2CCOC3CCCC32)cc1C(F)(F)F. The summed E-state index contributed by atoms with van der Waals surface area (Å²) in [5.41, 5.74) is 5.06. The molecule has 3 rings (SSSR count). The van der Waals surface area contributed by atoms with E-state index in [2.05, 4.69) is 0 Å². The first-order chi connectivity index (χ1) is 9.47. The maximum atomic E-state index is 12.9. The van der Waals surface area contributed by atoms with Gasteiger partial charge in [0.15, 0.2) is 0 Å². The van der Waals surface area contributed by atoms with E-state index in [9.17, 15) is 13.2 Å². The largest absolute Gasteiger partial charge is 0.418 e. The molecule has 1 aromatic rings. The van der Waals surface area contributed by atoms with Gasteiger partial charge in [-0.3, -0.25) is 0 Å². The van der Waals surface area contributed by atoms with Crippen molar-refractivity contribution in [2.45, 2.75) is 37.6 Å². The molecule has 0 amide bonds. The van der Waals surface area contributed by atoms with Gasteiger partial charge in [-0.25, -0.2) is 0 Å². The minimum absolute atomic E-state index is 0.149. The highest BCUT2D eigenvalue weighted by Crippen LogP contribution is 2.38. The third-order valence-electron chi connectivity index (χ3n) is 4.16. The number of rotatable bonds is 1. The minimum Gasteiger partial charge on any atom is -0.398 e. The van der Waals surface area contributed by atoms with Gasteiger partial charge in [-0.2, -0.15) is 13.2 Å². The Morgan fingerprint density at radius 1 is 1.25 bits per heavy atom. The number of nitrogen functional groups attached to an aromatic ring is 1. The second kappa shape index (κ2) is 4.84. The Hall–Kier alpha value is -1.43. The van der Waals surface area contributed by atoms with E-state index in [1.165, 1.54) is 6.07 Å². The zero-order valence-electron chi connectivity index (χ0n) is 11.0. The first-order valence-corrected chi connectivity index (χ1v) is 6.82. The molecule has 1 saturated heterocycles. The van der Waals surface area contributed by atoms with Crippen molar-refractivity contribution in [1.29, 1.82) is 0 Å². The van der Waals surface area contributed by atoms with Crippen molar-refractivity contribution in [3.05, 3.63) is 23.8 Å². The Labute approximate surface area is 115 Å². The molecule has 0 spiro atoms. The van der Waals surface area contributed by atoms with Crippen LogP contribution < -0.4 is 10.6 Å². The molecule has 2 atom stereocenters. The standard InChI is InChI=1S/C14H17F3N2O/c15-14(16,17)10-8-9(4-5-11(10)18)19-6-7-20-13-3-1-2-12(13)19/h4-5,8,12-13H,1-3,6-7,18H2. The van der Waals surface area contributed by atoms with Gasteiger partial charge in [0.1, 0.15) is 0 Å². The molecule has 2 N–H and O–H groups in total. The number of hydrogen-bond acceptors (Lipinski definition) is 3. The van der Waals surface area contributed by atoms with E-state index in [0.29, 0.717) is 18.8 Å². The van der Waals surface area contributed by atoms with Crippen LogP contribution in [0.2, 0.25) is 0 Å². The summed E-state index contributed by atoms with van der Waals surface area (Å²) in [6.07, 6.45) is -1.25. The van der Waals surface area contributed by atoms with Gasteiger partial charge in [0, 0.05) is 17.9 Å². The maximum Gasteiger partial charge on any atom is 0.418 e. The summed E-state index contributed by atoms with van der Waals surface area (Å²) >= 11 is 0. The number of ether oxygens (including phenoxy) is 1. The van der Waals surface area contributed by atoms with Crippen LogP contribution >= 0.6 is 0 Å². The number of alkyl halides is 3. The lowest BCUT2D eigenvalue weighted by molar-refractivity contribution is -0.136. The lowest BCUT2D eigenvalue weighted by Gasteiger charge is -2.39. The Bertz CT molecular complexity index is 504. The average Bonchev–Trinajstić information content (AvgIpc) is 2.86. The number of hydrogen-bond donors (Lipinski definition) is 1. The number of nitrogens with zero attached hydrogens (tertiary/aromatic N) is 1. The van der Waals surface area contributed by atoms with Crippen molar-refractivity contribution in [2.75, 3.05) is 23.8 Å². The number of fused-ring (bicyclic) bond motifs is 1. The highest BCUT2D eigenvalue weighted by molar-refractivity contribution is 5.60. The number of nitrogens with two attached hydrogens (primary N) is 1. The number of benzene rings is 1. The fourth-order valence-electron chi connectivity index (χ4n) is 3.21. The zero-order valence-corrected chi connectivity index (χ0v) is 11.0. The van der Waals surface area contributed by atoms with Crippen LogP contribution in [0.5, 0.6) is 0 Å². The molecule has 110 valence electrons. The molecule has 6 heteroatoms. The van der Waals surface area contributed by atoms with Gasteiger partial charge >= 0.3 is 6.18 Å². The van der Waals surface area contributed by atoms with Crippen LogP contribution in [-0.2, 0) is 10.9 Å². The first-order valence-electron chi connectivity index (χ1n) is 6.82. The van der Waals surface area contributed by atoms with Crippen LogP contribution in [-0.4, -0.2) is 25.3 Å². The van der Waals surface area contributed by atoms with E-state index in [1.54, 1.807) is 6.07 Å². The number of anilines is 2. The smallest absolute Gasteiger partial charge is 0.398 e. The lowest BCUT2D eigenvalue weighted by Crippen LogP contribution is -2.48. The molecule has 1 aliphatic carbocycles. The molecule has 2 fully saturated rings. The number of halogens is 3. The summed E-state index contributed by atoms with van der Waals surface area (Å²) in [5, 5.41) is 0. The molecule has 2 unspecified atom stereocenters. The number of morpholine rings is 1. The second-order valence-corrected chi connectivity index (χ2v) is 5.37. The van der Waals surface area contributed by atoms with Gasteiger partial charge in [-0.05, 0) is 37.5 Å². The zero-order chi connectivity index (χ0) is 14.3. The fourth-order valence-corrected chi connectivity index (χ4v) is 3.21. The maximum absolute atomic E-state index is 12.9. The quantitative estimate of drug-likeness (QED) is 0.806. The molecule has 0 bridgehead atoms. The van der Waals surface area contributed by atoms with Crippen LogP contribution in [0.25, 0.3) is 0 Å². The molecule has 0 aromatic heterocycles. The highest BCUT2D eigenvalue weighted by Gasteiger charge is 2.38. The first kappa shape index (κ1) is 13.5. The molecular weight excluding hydrogens is 269 g/mol. The van der Waals surface area contributed by atoms with Gasteiger partial charge in [0.2, 0.25) is 0 Å². The van der Waals surface area contributed by atoms with Gasteiger partial charge in [0.05, 0.1) is 24.3 Å². The predicted octanol–water partition coefficient (Wildman–Crippen LogP) is 3.05. The molecule has 1 saturated carbocycles. The average molecular weight is 286 g/mol. The summed E-state index contributed by atoms with van der Waals surface area (Å²) in [4.78, 5) is 2.04. The Balaban J connectivity index is 1.94. The topological polar surface area (TPSA) is 38.5 Å².